The van der Waals surface area contributed by atoms with Crippen LogP contribution in [0, 0.1) is 6.92 Å². The molecule has 5 nitrogen and oxygen atoms in total. The molecule has 2 heterocycles. The van der Waals surface area contributed by atoms with Crippen LogP contribution in [0.1, 0.15) is 51.2 Å². The van der Waals surface area contributed by atoms with Crippen molar-refractivity contribution >= 4 is 11.5 Å². The first-order valence-corrected chi connectivity index (χ1v) is 6.62. The zero-order chi connectivity index (χ0) is 14.0. The number of nitrogens with zero attached hydrogens (tertiary/aromatic N) is 4. The SMILES string of the molecule is Cc1cc(Nc2cnn(C(C)C)c2)nc(C(C)C)n1. The summed E-state index contributed by atoms with van der Waals surface area (Å²) in [5.74, 6) is 2.00. The summed E-state index contributed by atoms with van der Waals surface area (Å²) in [4.78, 5) is 8.96. The lowest BCUT2D eigenvalue weighted by Gasteiger charge is -2.09. The summed E-state index contributed by atoms with van der Waals surface area (Å²) < 4.78 is 1.92. The van der Waals surface area contributed by atoms with Gasteiger partial charge in [0.05, 0.1) is 11.9 Å². The molecular formula is C14H21N5. The Balaban J connectivity index is 2.22. The van der Waals surface area contributed by atoms with E-state index < -0.39 is 0 Å². The average molecular weight is 259 g/mol. The average Bonchev–Trinajstić information content (AvgIpc) is 2.76. The van der Waals surface area contributed by atoms with Gasteiger partial charge in [0, 0.05) is 29.9 Å². The van der Waals surface area contributed by atoms with E-state index >= 15 is 0 Å². The Hall–Kier alpha value is -1.91. The molecule has 0 aliphatic carbocycles. The van der Waals surface area contributed by atoms with Gasteiger partial charge in [-0.15, -0.1) is 0 Å². The Morgan fingerprint density at radius 1 is 1.16 bits per heavy atom. The van der Waals surface area contributed by atoms with Crippen molar-refractivity contribution in [3.8, 4) is 0 Å². The fourth-order valence-corrected chi connectivity index (χ4v) is 1.75. The van der Waals surface area contributed by atoms with Crippen molar-refractivity contribution in [1.29, 1.82) is 0 Å². The van der Waals surface area contributed by atoms with E-state index in [2.05, 4.69) is 48.1 Å². The molecule has 5 heteroatoms. The van der Waals surface area contributed by atoms with E-state index in [9.17, 15) is 0 Å². The second kappa shape index (κ2) is 5.38. The molecule has 19 heavy (non-hydrogen) atoms. The van der Waals surface area contributed by atoms with Crippen LogP contribution in [0.2, 0.25) is 0 Å². The largest absolute Gasteiger partial charge is 0.338 e. The molecule has 2 rings (SSSR count). The molecule has 2 aromatic rings. The van der Waals surface area contributed by atoms with Crippen molar-refractivity contribution in [2.24, 2.45) is 0 Å². The van der Waals surface area contributed by atoms with Gasteiger partial charge in [0.15, 0.2) is 0 Å². The van der Waals surface area contributed by atoms with Gasteiger partial charge in [-0.3, -0.25) is 4.68 Å². The predicted octanol–water partition coefficient (Wildman–Crippen LogP) is 3.43. The van der Waals surface area contributed by atoms with E-state index in [1.807, 2.05) is 30.1 Å². The molecule has 0 spiro atoms. The topological polar surface area (TPSA) is 55.6 Å². The maximum atomic E-state index is 4.52. The molecule has 0 saturated heterocycles. The molecule has 0 amide bonds. The number of aromatic nitrogens is 4. The van der Waals surface area contributed by atoms with Gasteiger partial charge in [0.25, 0.3) is 0 Å². The van der Waals surface area contributed by atoms with E-state index in [1.165, 1.54) is 0 Å². The normalized spacial score (nSPS) is 11.3. The van der Waals surface area contributed by atoms with E-state index in [1.54, 1.807) is 0 Å². The van der Waals surface area contributed by atoms with E-state index in [0.717, 1.165) is 23.0 Å². The van der Waals surface area contributed by atoms with Gasteiger partial charge in [0.1, 0.15) is 11.6 Å². The van der Waals surface area contributed by atoms with Gasteiger partial charge in [-0.05, 0) is 20.8 Å². The van der Waals surface area contributed by atoms with E-state index in [4.69, 9.17) is 0 Å². The summed E-state index contributed by atoms with van der Waals surface area (Å²) in [5.41, 5.74) is 1.92. The molecule has 102 valence electrons. The molecular weight excluding hydrogens is 238 g/mol. The van der Waals surface area contributed by atoms with Crippen molar-refractivity contribution < 1.29 is 0 Å². The number of anilines is 2. The van der Waals surface area contributed by atoms with Crippen LogP contribution < -0.4 is 5.32 Å². The van der Waals surface area contributed by atoms with Gasteiger partial charge in [-0.1, -0.05) is 13.8 Å². The smallest absolute Gasteiger partial charge is 0.134 e. The van der Waals surface area contributed by atoms with Crippen LogP contribution in [-0.2, 0) is 0 Å². The van der Waals surface area contributed by atoms with Gasteiger partial charge < -0.3 is 5.32 Å². The third-order valence-electron chi connectivity index (χ3n) is 2.79. The van der Waals surface area contributed by atoms with Crippen molar-refractivity contribution in [3.63, 3.8) is 0 Å². The lowest BCUT2D eigenvalue weighted by Crippen LogP contribution is -2.03. The standard InChI is InChI=1S/C14H21N5/c1-9(2)14-16-11(5)6-13(18-14)17-12-7-15-19(8-12)10(3)4/h6-10H,1-5H3,(H,16,17,18). The number of nitrogens with one attached hydrogen (secondary N) is 1. The zero-order valence-electron chi connectivity index (χ0n) is 12.2. The number of aryl methyl sites for hydroxylation is 1. The van der Waals surface area contributed by atoms with Gasteiger partial charge >= 0.3 is 0 Å². The Bertz CT molecular complexity index is 557. The summed E-state index contributed by atoms with van der Waals surface area (Å²) >= 11 is 0. The van der Waals surface area contributed by atoms with Crippen LogP contribution in [-0.4, -0.2) is 19.7 Å². The van der Waals surface area contributed by atoms with Crippen LogP contribution in [0.5, 0.6) is 0 Å². The van der Waals surface area contributed by atoms with Crippen molar-refractivity contribution in [2.45, 2.75) is 46.6 Å². The first kappa shape index (κ1) is 13.5. The lowest BCUT2D eigenvalue weighted by atomic mass is 10.2. The number of hydrogen-bond donors (Lipinski definition) is 1. The third-order valence-corrected chi connectivity index (χ3v) is 2.79. The minimum Gasteiger partial charge on any atom is -0.338 e. The minimum atomic E-state index is 0.318. The van der Waals surface area contributed by atoms with Crippen LogP contribution in [0.25, 0.3) is 0 Å². The Labute approximate surface area is 114 Å². The Morgan fingerprint density at radius 3 is 2.47 bits per heavy atom. The molecule has 0 bridgehead atoms. The molecule has 0 saturated carbocycles. The quantitative estimate of drug-likeness (QED) is 0.914. The van der Waals surface area contributed by atoms with Gasteiger partial charge in [-0.25, -0.2) is 9.97 Å². The minimum absolute atomic E-state index is 0.318. The molecule has 2 aromatic heterocycles. The fraction of sp³-hybridized carbons (Fsp3) is 0.500. The monoisotopic (exact) mass is 259 g/mol. The van der Waals surface area contributed by atoms with Crippen LogP contribution in [0.15, 0.2) is 18.5 Å². The van der Waals surface area contributed by atoms with Crippen molar-refractivity contribution in [1.82, 2.24) is 19.7 Å². The van der Waals surface area contributed by atoms with Crippen molar-refractivity contribution in [2.75, 3.05) is 5.32 Å². The third kappa shape index (κ3) is 3.30. The lowest BCUT2D eigenvalue weighted by molar-refractivity contribution is 0.532. The van der Waals surface area contributed by atoms with Gasteiger partial charge in [-0.2, -0.15) is 5.10 Å². The second-order valence-corrected chi connectivity index (χ2v) is 5.34. The Morgan fingerprint density at radius 2 is 1.89 bits per heavy atom. The number of rotatable bonds is 4. The highest BCUT2D eigenvalue weighted by Crippen LogP contribution is 2.18. The molecule has 0 atom stereocenters. The maximum absolute atomic E-state index is 4.52. The van der Waals surface area contributed by atoms with Crippen LogP contribution in [0.4, 0.5) is 11.5 Å². The molecule has 0 aliphatic heterocycles. The molecule has 0 radical (unpaired) electrons. The fourth-order valence-electron chi connectivity index (χ4n) is 1.75. The van der Waals surface area contributed by atoms with Crippen molar-refractivity contribution in [3.05, 3.63) is 30.0 Å². The summed E-state index contributed by atoms with van der Waals surface area (Å²) in [6, 6.07) is 2.30. The van der Waals surface area contributed by atoms with E-state index in [0.29, 0.717) is 12.0 Å². The zero-order valence-corrected chi connectivity index (χ0v) is 12.2. The second-order valence-electron chi connectivity index (χ2n) is 5.34. The van der Waals surface area contributed by atoms with Crippen LogP contribution in [0.3, 0.4) is 0 Å². The summed E-state index contributed by atoms with van der Waals surface area (Å²) in [5, 5.41) is 7.58. The highest BCUT2D eigenvalue weighted by molar-refractivity contribution is 5.54. The first-order chi connectivity index (χ1) is 8.95. The maximum Gasteiger partial charge on any atom is 0.134 e. The molecule has 0 unspecified atom stereocenters. The van der Waals surface area contributed by atoms with Crippen LogP contribution >= 0.6 is 0 Å². The summed E-state index contributed by atoms with van der Waals surface area (Å²) in [6.45, 7) is 10.4. The van der Waals surface area contributed by atoms with Gasteiger partial charge in [0.2, 0.25) is 0 Å². The molecule has 0 fully saturated rings. The highest BCUT2D eigenvalue weighted by atomic mass is 15.3. The predicted molar refractivity (Wildman–Crippen MR) is 76.8 cm³/mol. The molecule has 0 aromatic carbocycles. The molecule has 1 N–H and O–H groups in total. The molecule has 0 aliphatic rings. The summed E-state index contributed by atoms with van der Waals surface area (Å²) in [6.07, 6.45) is 3.80. The number of hydrogen-bond acceptors (Lipinski definition) is 4. The highest BCUT2D eigenvalue weighted by Gasteiger charge is 2.07. The first-order valence-electron chi connectivity index (χ1n) is 6.62. The summed E-state index contributed by atoms with van der Waals surface area (Å²) in [7, 11) is 0. The van der Waals surface area contributed by atoms with E-state index in [-0.39, 0.29) is 0 Å². The Kier molecular flexibility index (Phi) is 3.83.